The average Bonchev–Trinajstić information content (AvgIpc) is 2.37. The molecule has 0 spiro atoms. The maximum Gasteiger partial charge on any atom is 0.177 e. The summed E-state index contributed by atoms with van der Waals surface area (Å²) in [4.78, 5) is 2.67. The first-order valence-corrected chi connectivity index (χ1v) is 9.17. The minimum Gasteiger partial charge on any atom is -0.367 e. The van der Waals surface area contributed by atoms with Crippen molar-refractivity contribution in [2.45, 2.75) is 30.2 Å². The number of piperidine rings is 1. The molecule has 3 nitrogen and oxygen atoms in total. The Hall–Kier alpha value is -0.550. The molecule has 100 valence electrons. The van der Waals surface area contributed by atoms with Gasteiger partial charge in [0.15, 0.2) is 9.84 Å². The molecule has 1 heterocycles. The molecule has 0 radical (unpaired) electrons. The molecule has 2 rings (SSSR count). The van der Waals surface area contributed by atoms with Crippen molar-refractivity contribution in [1.29, 1.82) is 0 Å². The van der Waals surface area contributed by atoms with Gasteiger partial charge in [0.1, 0.15) is 0 Å². The van der Waals surface area contributed by atoms with E-state index in [1.165, 1.54) is 12.7 Å². The van der Waals surface area contributed by atoms with Crippen LogP contribution in [0.3, 0.4) is 0 Å². The van der Waals surface area contributed by atoms with Crippen LogP contribution in [-0.2, 0) is 9.84 Å². The van der Waals surface area contributed by atoms with E-state index in [4.69, 9.17) is 0 Å². The van der Waals surface area contributed by atoms with Crippen molar-refractivity contribution in [3.63, 3.8) is 0 Å². The average molecular weight is 332 g/mol. The molecule has 0 amide bonds. The second kappa shape index (κ2) is 5.61. The highest BCUT2D eigenvalue weighted by molar-refractivity contribution is 9.09. The van der Waals surface area contributed by atoms with Crippen molar-refractivity contribution in [3.05, 3.63) is 24.3 Å². The SMILES string of the molecule is CS(=O)(=O)c1ccccc1N1CCCCC1CBr. The van der Waals surface area contributed by atoms with Crippen molar-refractivity contribution in [2.24, 2.45) is 0 Å². The number of rotatable bonds is 3. The number of benzene rings is 1. The largest absolute Gasteiger partial charge is 0.367 e. The van der Waals surface area contributed by atoms with Gasteiger partial charge < -0.3 is 4.90 Å². The Morgan fingerprint density at radius 2 is 2.06 bits per heavy atom. The van der Waals surface area contributed by atoms with Crippen LogP contribution in [0.4, 0.5) is 5.69 Å². The number of alkyl halides is 1. The third-order valence-corrected chi connectivity index (χ3v) is 5.27. The molecule has 0 aromatic heterocycles. The van der Waals surface area contributed by atoms with Gasteiger partial charge in [-0.1, -0.05) is 28.1 Å². The topological polar surface area (TPSA) is 37.4 Å². The van der Waals surface area contributed by atoms with Crippen molar-refractivity contribution in [2.75, 3.05) is 23.0 Å². The number of nitrogens with zero attached hydrogens (tertiary/aromatic N) is 1. The predicted octanol–water partition coefficient (Wildman–Crippen LogP) is 2.84. The van der Waals surface area contributed by atoms with Gasteiger partial charge in [-0.3, -0.25) is 0 Å². The first-order valence-electron chi connectivity index (χ1n) is 6.15. The van der Waals surface area contributed by atoms with E-state index in [1.54, 1.807) is 12.1 Å². The molecule has 0 saturated carbocycles. The Kier molecular flexibility index (Phi) is 4.33. The Morgan fingerprint density at radius 3 is 2.72 bits per heavy atom. The van der Waals surface area contributed by atoms with Crippen molar-refractivity contribution >= 4 is 31.5 Å². The van der Waals surface area contributed by atoms with Gasteiger partial charge in [0.25, 0.3) is 0 Å². The molecule has 1 fully saturated rings. The standard InChI is InChI=1S/C13H18BrNO2S/c1-18(16,17)13-8-3-2-7-12(13)15-9-5-4-6-11(15)10-14/h2-3,7-8,11H,4-6,9-10H2,1H3. The van der Waals surface area contributed by atoms with Gasteiger partial charge in [0.2, 0.25) is 0 Å². The predicted molar refractivity (Wildman–Crippen MR) is 78.3 cm³/mol. The van der Waals surface area contributed by atoms with Crippen molar-refractivity contribution in [3.8, 4) is 0 Å². The minimum absolute atomic E-state index is 0.390. The first kappa shape index (κ1) is 13.9. The normalized spacial score (nSPS) is 21.0. The lowest BCUT2D eigenvalue weighted by Crippen LogP contribution is -2.41. The maximum absolute atomic E-state index is 11.9. The number of sulfone groups is 1. The zero-order chi connectivity index (χ0) is 13.2. The maximum atomic E-state index is 11.9. The number of halogens is 1. The molecule has 5 heteroatoms. The van der Waals surface area contributed by atoms with Gasteiger partial charge in [-0.15, -0.1) is 0 Å². The molecule has 1 saturated heterocycles. The molecule has 1 unspecified atom stereocenters. The van der Waals surface area contributed by atoms with Crippen LogP contribution in [0.15, 0.2) is 29.2 Å². The summed E-state index contributed by atoms with van der Waals surface area (Å²) in [5, 5.41) is 0.880. The summed E-state index contributed by atoms with van der Waals surface area (Å²) < 4.78 is 23.7. The van der Waals surface area contributed by atoms with E-state index in [2.05, 4.69) is 20.8 Å². The van der Waals surface area contributed by atoms with Crippen molar-refractivity contribution in [1.82, 2.24) is 0 Å². The van der Waals surface area contributed by atoms with Crippen LogP contribution >= 0.6 is 15.9 Å². The van der Waals surface area contributed by atoms with E-state index in [-0.39, 0.29) is 0 Å². The number of hydrogen-bond acceptors (Lipinski definition) is 3. The summed E-state index contributed by atoms with van der Waals surface area (Å²) in [5.74, 6) is 0. The molecule has 1 aliphatic heterocycles. The fraction of sp³-hybridized carbons (Fsp3) is 0.538. The van der Waals surface area contributed by atoms with Gasteiger partial charge >= 0.3 is 0 Å². The molecular weight excluding hydrogens is 314 g/mol. The number of anilines is 1. The lowest BCUT2D eigenvalue weighted by atomic mass is 10.0. The Morgan fingerprint density at radius 1 is 1.33 bits per heavy atom. The third-order valence-electron chi connectivity index (χ3n) is 3.38. The summed E-state index contributed by atoms with van der Waals surface area (Å²) in [5.41, 5.74) is 0.851. The molecule has 0 bridgehead atoms. The molecule has 0 aliphatic carbocycles. The van der Waals surface area contributed by atoms with Crippen molar-refractivity contribution < 1.29 is 8.42 Å². The quantitative estimate of drug-likeness (QED) is 0.799. The molecule has 1 atom stereocenters. The highest BCUT2D eigenvalue weighted by Crippen LogP contribution is 2.31. The fourth-order valence-corrected chi connectivity index (χ4v) is 4.05. The van der Waals surface area contributed by atoms with E-state index in [0.29, 0.717) is 10.9 Å². The fourth-order valence-electron chi connectivity index (χ4n) is 2.49. The summed E-state index contributed by atoms with van der Waals surface area (Å²) in [7, 11) is -3.17. The van der Waals surface area contributed by atoms with E-state index >= 15 is 0 Å². The van der Waals surface area contributed by atoms with Crippen LogP contribution in [0.5, 0.6) is 0 Å². The van der Waals surface area contributed by atoms with E-state index in [0.717, 1.165) is 30.4 Å². The molecule has 18 heavy (non-hydrogen) atoms. The number of para-hydroxylation sites is 1. The second-order valence-corrected chi connectivity index (χ2v) is 7.37. The Bertz CT molecular complexity index is 515. The van der Waals surface area contributed by atoms with Gasteiger partial charge in [0, 0.05) is 24.2 Å². The molecular formula is C13H18BrNO2S. The van der Waals surface area contributed by atoms with E-state index in [1.807, 2.05) is 12.1 Å². The zero-order valence-electron chi connectivity index (χ0n) is 10.5. The molecule has 1 aromatic carbocycles. The highest BCUT2D eigenvalue weighted by atomic mass is 79.9. The molecule has 1 aromatic rings. The Labute approximate surface area is 117 Å². The molecule has 0 N–H and O–H groups in total. The summed E-state index contributed by atoms with van der Waals surface area (Å²) >= 11 is 3.53. The van der Waals surface area contributed by atoms with Gasteiger partial charge in [-0.25, -0.2) is 8.42 Å². The summed E-state index contributed by atoms with van der Waals surface area (Å²) in [6, 6.07) is 7.69. The van der Waals surface area contributed by atoms with Crippen LogP contribution < -0.4 is 4.90 Å². The van der Waals surface area contributed by atoms with E-state index < -0.39 is 9.84 Å². The lowest BCUT2D eigenvalue weighted by Gasteiger charge is -2.37. The lowest BCUT2D eigenvalue weighted by molar-refractivity contribution is 0.488. The highest BCUT2D eigenvalue weighted by Gasteiger charge is 2.25. The van der Waals surface area contributed by atoms with Crippen LogP contribution in [0.2, 0.25) is 0 Å². The summed E-state index contributed by atoms with van der Waals surface area (Å²) in [6.45, 7) is 0.933. The van der Waals surface area contributed by atoms with Gasteiger partial charge in [0.05, 0.1) is 10.6 Å². The summed E-state index contributed by atoms with van der Waals surface area (Å²) in [6.07, 6.45) is 4.73. The second-order valence-electron chi connectivity index (χ2n) is 4.74. The zero-order valence-corrected chi connectivity index (χ0v) is 12.9. The first-order chi connectivity index (χ1) is 8.54. The van der Waals surface area contributed by atoms with Gasteiger partial charge in [-0.05, 0) is 31.4 Å². The van der Waals surface area contributed by atoms with Crippen LogP contribution in [0, 0.1) is 0 Å². The Balaban J connectivity index is 2.43. The third kappa shape index (κ3) is 2.88. The minimum atomic E-state index is -3.17. The van der Waals surface area contributed by atoms with Crippen LogP contribution in [0.25, 0.3) is 0 Å². The smallest absolute Gasteiger partial charge is 0.177 e. The number of hydrogen-bond donors (Lipinski definition) is 0. The van der Waals surface area contributed by atoms with E-state index in [9.17, 15) is 8.42 Å². The molecule has 1 aliphatic rings. The van der Waals surface area contributed by atoms with Crippen LogP contribution in [0.1, 0.15) is 19.3 Å². The van der Waals surface area contributed by atoms with Crippen LogP contribution in [-0.4, -0.2) is 32.6 Å². The van der Waals surface area contributed by atoms with Gasteiger partial charge in [-0.2, -0.15) is 0 Å². The monoisotopic (exact) mass is 331 g/mol.